The molecule has 6 rings (SSSR count). The first-order valence-corrected chi connectivity index (χ1v) is 12.8. The van der Waals surface area contributed by atoms with Crippen molar-refractivity contribution < 1.29 is 14.6 Å². The number of aliphatic hydroxyl groups is 1. The van der Waals surface area contributed by atoms with E-state index in [1.54, 1.807) is 0 Å². The Morgan fingerprint density at radius 2 is 2.03 bits per heavy atom. The van der Waals surface area contributed by atoms with E-state index in [0.717, 1.165) is 57.1 Å². The second-order valence-electron chi connectivity index (χ2n) is 12.1. The molecule has 0 radical (unpaired) electrons. The fourth-order valence-electron chi connectivity index (χ4n) is 8.93. The standard InChI is InChI=1S/C27H39NO3/c1-14-11-21-24(28-13-14)16(3)27(31-21)10-8-19-20-6-5-17-12-18(29)7-9-26(17,4)23(20)25(30)22(19)15(27)2/h5,14,16,18-21,23-24,28-29H,6-13H2,1-4H3/t14-,16+,18-,19-,20-,21+,23+,24-,26-,27-/m0/s1. The summed E-state index contributed by atoms with van der Waals surface area (Å²) < 4.78 is 6.93. The number of nitrogens with one attached hydrogen (secondary N) is 1. The Morgan fingerprint density at radius 1 is 1.23 bits per heavy atom. The van der Waals surface area contributed by atoms with Gasteiger partial charge in [0.25, 0.3) is 0 Å². The molecule has 0 amide bonds. The number of hydrogen-bond donors (Lipinski definition) is 2. The van der Waals surface area contributed by atoms with Gasteiger partial charge in [-0.25, -0.2) is 0 Å². The Balaban J connectivity index is 1.39. The maximum atomic E-state index is 14.1. The van der Waals surface area contributed by atoms with Crippen molar-refractivity contribution in [1.82, 2.24) is 5.32 Å². The van der Waals surface area contributed by atoms with E-state index in [1.807, 2.05) is 0 Å². The Kier molecular flexibility index (Phi) is 4.51. The summed E-state index contributed by atoms with van der Waals surface area (Å²) in [4.78, 5) is 14.1. The van der Waals surface area contributed by atoms with Gasteiger partial charge in [-0.05, 0) is 87.2 Å². The van der Waals surface area contributed by atoms with Crippen LogP contribution in [0.5, 0.6) is 0 Å². The molecule has 31 heavy (non-hydrogen) atoms. The molecule has 0 aromatic carbocycles. The van der Waals surface area contributed by atoms with Gasteiger partial charge in [0.2, 0.25) is 0 Å². The molecule has 2 heterocycles. The number of allylic oxidation sites excluding steroid dienone is 2. The molecule has 2 N–H and O–H groups in total. The monoisotopic (exact) mass is 425 g/mol. The van der Waals surface area contributed by atoms with Crippen LogP contribution in [-0.2, 0) is 9.53 Å². The number of carbonyl (C=O) groups excluding carboxylic acids is 1. The molecule has 0 unspecified atom stereocenters. The highest BCUT2D eigenvalue weighted by Gasteiger charge is 2.63. The SMILES string of the molecule is CC1=C2C(=O)[C@H]3[C@@H](CC=C4C[C@@H](O)CC[C@@]43C)[C@@H]2CC[C@]12O[C@@H]1C[C@H](C)CN[C@H]1[C@H]2C. The van der Waals surface area contributed by atoms with Crippen LogP contribution in [0.15, 0.2) is 22.8 Å². The van der Waals surface area contributed by atoms with E-state index in [-0.39, 0.29) is 29.1 Å². The zero-order chi connectivity index (χ0) is 21.7. The Morgan fingerprint density at radius 3 is 2.84 bits per heavy atom. The number of rotatable bonds is 0. The number of Topliss-reactive ketones (excluding diaryl/α,β-unsaturated/α-hetero) is 1. The van der Waals surface area contributed by atoms with Gasteiger partial charge in [-0.15, -0.1) is 0 Å². The summed E-state index contributed by atoms with van der Waals surface area (Å²) in [5.41, 5.74) is 3.43. The molecule has 0 aromatic rings. The van der Waals surface area contributed by atoms with Crippen LogP contribution in [0.4, 0.5) is 0 Å². The van der Waals surface area contributed by atoms with E-state index in [9.17, 15) is 9.90 Å². The minimum Gasteiger partial charge on any atom is -0.393 e. The molecular formula is C27H39NO3. The first-order valence-electron chi connectivity index (χ1n) is 12.8. The molecule has 2 saturated heterocycles. The van der Waals surface area contributed by atoms with E-state index >= 15 is 0 Å². The van der Waals surface area contributed by atoms with Crippen molar-refractivity contribution in [3.63, 3.8) is 0 Å². The van der Waals surface area contributed by atoms with Crippen molar-refractivity contribution in [2.24, 2.45) is 35.0 Å². The van der Waals surface area contributed by atoms with Gasteiger partial charge in [0, 0.05) is 23.5 Å². The second kappa shape index (κ2) is 6.77. The fraction of sp³-hybridized carbons (Fsp3) is 0.815. The van der Waals surface area contributed by atoms with Crippen molar-refractivity contribution in [3.05, 3.63) is 22.8 Å². The largest absolute Gasteiger partial charge is 0.393 e. The predicted molar refractivity (Wildman–Crippen MR) is 120 cm³/mol. The van der Waals surface area contributed by atoms with Gasteiger partial charge in [0.15, 0.2) is 5.78 Å². The Hall–Kier alpha value is -0.970. The number of carbonyl (C=O) groups is 1. The first-order chi connectivity index (χ1) is 14.8. The van der Waals surface area contributed by atoms with E-state index in [4.69, 9.17) is 4.74 Å². The molecule has 4 nitrogen and oxygen atoms in total. The average Bonchev–Trinajstić information content (AvgIpc) is 3.18. The van der Waals surface area contributed by atoms with Crippen LogP contribution in [0.25, 0.3) is 0 Å². The van der Waals surface area contributed by atoms with Crippen LogP contribution in [0.3, 0.4) is 0 Å². The summed E-state index contributed by atoms with van der Waals surface area (Å²) in [6, 6.07) is 0.410. The van der Waals surface area contributed by atoms with Crippen LogP contribution in [0.1, 0.15) is 72.6 Å². The van der Waals surface area contributed by atoms with Gasteiger partial charge in [-0.1, -0.05) is 32.4 Å². The fourth-order valence-corrected chi connectivity index (χ4v) is 8.93. The zero-order valence-corrected chi connectivity index (χ0v) is 19.6. The van der Waals surface area contributed by atoms with Gasteiger partial charge in [-0.2, -0.15) is 0 Å². The van der Waals surface area contributed by atoms with Crippen LogP contribution in [0, 0.1) is 35.0 Å². The number of ketones is 1. The molecule has 2 aliphatic heterocycles. The maximum absolute atomic E-state index is 14.1. The lowest BCUT2D eigenvalue weighted by atomic mass is 9.56. The van der Waals surface area contributed by atoms with Gasteiger partial charge in [-0.3, -0.25) is 4.79 Å². The highest BCUT2D eigenvalue weighted by molar-refractivity contribution is 6.02. The number of hydrogen-bond acceptors (Lipinski definition) is 4. The summed E-state index contributed by atoms with van der Waals surface area (Å²) in [6.45, 7) is 10.3. The molecule has 2 saturated carbocycles. The third-order valence-corrected chi connectivity index (χ3v) is 10.6. The maximum Gasteiger partial charge on any atom is 0.163 e. The summed E-state index contributed by atoms with van der Waals surface area (Å²) in [5, 5.41) is 14.0. The molecule has 6 aliphatic rings. The third kappa shape index (κ3) is 2.62. The Bertz CT molecular complexity index is 876. The van der Waals surface area contributed by atoms with Crippen molar-refractivity contribution in [1.29, 1.82) is 0 Å². The van der Waals surface area contributed by atoms with Gasteiger partial charge in [0.1, 0.15) is 0 Å². The molecule has 170 valence electrons. The summed E-state index contributed by atoms with van der Waals surface area (Å²) >= 11 is 0. The van der Waals surface area contributed by atoms with Crippen molar-refractivity contribution >= 4 is 5.78 Å². The third-order valence-electron chi connectivity index (χ3n) is 10.6. The van der Waals surface area contributed by atoms with E-state index in [1.165, 1.54) is 11.1 Å². The highest BCUT2D eigenvalue weighted by atomic mass is 16.5. The second-order valence-corrected chi connectivity index (χ2v) is 12.1. The van der Waals surface area contributed by atoms with Crippen LogP contribution in [-0.4, -0.2) is 41.3 Å². The number of piperidine rings is 1. The first kappa shape index (κ1) is 20.6. The quantitative estimate of drug-likeness (QED) is 0.572. The average molecular weight is 426 g/mol. The summed E-state index contributed by atoms with van der Waals surface area (Å²) in [6.07, 6.45) is 9.23. The van der Waals surface area contributed by atoms with Crippen molar-refractivity contribution in [2.45, 2.75) is 96.5 Å². The van der Waals surface area contributed by atoms with E-state index in [2.05, 4.69) is 39.1 Å². The number of ether oxygens (including phenoxy) is 1. The van der Waals surface area contributed by atoms with Crippen molar-refractivity contribution in [2.75, 3.05) is 6.54 Å². The van der Waals surface area contributed by atoms with Crippen LogP contribution < -0.4 is 5.32 Å². The highest BCUT2D eigenvalue weighted by Crippen LogP contribution is 2.63. The van der Waals surface area contributed by atoms with E-state index < -0.39 is 0 Å². The van der Waals surface area contributed by atoms with Crippen molar-refractivity contribution in [3.8, 4) is 0 Å². The molecule has 10 atom stereocenters. The van der Waals surface area contributed by atoms with Gasteiger partial charge in [0.05, 0.1) is 17.8 Å². The lowest BCUT2D eigenvalue weighted by molar-refractivity contribution is -0.123. The molecule has 4 fully saturated rings. The van der Waals surface area contributed by atoms with Crippen LogP contribution in [0.2, 0.25) is 0 Å². The minimum absolute atomic E-state index is 0.0653. The molecule has 4 aliphatic carbocycles. The predicted octanol–water partition coefficient (Wildman–Crippen LogP) is 4.18. The lowest BCUT2D eigenvalue weighted by Crippen LogP contribution is -2.49. The molecule has 0 aromatic heterocycles. The summed E-state index contributed by atoms with van der Waals surface area (Å²) in [5.74, 6) is 2.41. The number of aliphatic hydroxyl groups excluding tert-OH is 1. The number of fused-ring (bicyclic) bond motifs is 6. The smallest absolute Gasteiger partial charge is 0.163 e. The van der Waals surface area contributed by atoms with Gasteiger partial charge < -0.3 is 15.2 Å². The molecule has 0 bridgehead atoms. The Labute approximate surface area is 186 Å². The summed E-state index contributed by atoms with van der Waals surface area (Å²) in [7, 11) is 0. The minimum atomic E-state index is -0.263. The normalized spacial score (nSPS) is 53.7. The van der Waals surface area contributed by atoms with E-state index in [0.29, 0.717) is 35.5 Å². The molecule has 4 heteroatoms. The zero-order valence-electron chi connectivity index (χ0n) is 19.6. The van der Waals surface area contributed by atoms with Crippen LogP contribution >= 0.6 is 0 Å². The molecular weight excluding hydrogens is 386 g/mol. The lowest BCUT2D eigenvalue weighted by Gasteiger charge is -2.48. The van der Waals surface area contributed by atoms with Gasteiger partial charge >= 0.3 is 0 Å². The molecule has 1 spiro atoms. The topological polar surface area (TPSA) is 58.6 Å².